The molecule has 15 heteroatoms. The van der Waals surface area contributed by atoms with Crippen molar-refractivity contribution >= 4 is 29.9 Å². The zero-order chi connectivity index (χ0) is 39.1. The second-order valence-electron chi connectivity index (χ2n) is 16.3. The van der Waals surface area contributed by atoms with E-state index in [9.17, 15) is 34.2 Å². The van der Waals surface area contributed by atoms with E-state index in [1.165, 1.54) is 6.92 Å². The van der Waals surface area contributed by atoms with E-state index in [2.05, 4.69) is 15.5 Å². The van der Waals surface area contributed by atoms with Crippen LogP contribution < -0.4 is 15.4 Å². The summed E-state index contributed by atoms with van der Waals surface area (Å²) in [7, 11) is 1.99. The molecule has 1 saturated heterocycles. The maximum absolute atomic E-state index is 13.3. The van der Waals surface area contributed by atoms with Crippen molar-refractivity contribution in [2.24, 2.45) is 0 Å². The topological polar surface area (TPSA) is 199 Å². The minimum atomic E-state index is -1.32. The highest BCUT2D eigenvalue weighted by atomic mass is 16.6. The number of hydrogen-bond acceptors (Lipinski definition) is 13. The second kappa shape index (κ2) is 14.9. The van der Waals surface area contributed by atoms with Crippen LogP contribution in [-0.2, 0) is 56.6 Å². The van der Waals surface area contributed by atoms with Crippen molar-refractivity contribution in [2.75, 3.05) is 20.1 Å². The number of likely N-dealkylation sites (N-methyl/N-ethyl adjacent to an activating group) is 1. The van der Waals surface area contributed by atoms with E-state index in [-0.39, 0.29) is 50.6 Å². The molecule has 2 aliphatic heterocycles. The molecule has 292 valence electrons. The maximum atomic E-state index is 13.3. The zero-order valence-electron chi connectivity index (χ0n) is 31.8. The summed E-state index contributed by atoms with van der Waals surface area (Å²) in [5.74, 6) is -2.13. The van der Waals surface area contributed by atoms with Crippen LogP contribution in [0.25, 0.3) is 0 Å². The molecule has 0 radical (unpaired) electrons. The molecule has 2 bridgehead atoms. The van der Waals surface area contributed by atoms with Gasteiger partial charge in [0.25, 0.3) is 0 Å². The molecular weight excluding hydrogens is 690 g/mol. The van der Waals surface area contributed by atoms with Crippen molar-refractivity contribution in [3.8, 4) is 5.75 Å². The van der Waals surface area contributed by atoms with Gasteiger partial charge in [0, 0.05) is 36.6 Å². The number of nitrogens with one attached hydrogen (secondary N) is 2. The Bertz CT molecular complexity index is 1660. The fraction of sp³-hybridized carbons (Fsp3) is 0.658. The van der Waals surface area contributed by atoms with Crippen molar-refractivity contribution < 1.29 is 57.9 Å². The third-order valence-electron chi connectivity index (χ3n) is 10.2. The zero-order valence-corrected chi connectivity index (χ0v) is 31.8. The van der Waals surface area contributed by atoms with E-state index >= 15 is 0 Å². The first-order chi connectivity index (χ1) is 24.7. The summed E-state index contributed by atoms with van der Waals surface area (Å²) in [6, 6.07) is 2.44. The van der Waals surface area contributed by atoms with Crippen molar-refractivity contribution in [3.63, 3.8) is 0 Å². The molecule has 1 aromatic rings. The summed E-state index contributed by atoms with van der Waals surface area (Å²) < 4.78 is 28.2. The first-order valence-corrected chi connectivity index (χ1v) is 18.1. The van der Waals surface area contributed by atoms with Crippen molar-refractivity contribution in [2.45, 2.75) is 140 Å². The van der Waals surface area contributed by atoms with Crippen LogP contribution in [-0.4, -0.2) is 106 Å². The molecule has 1 fully saturated rings. The Morgan fingerprint density at radius 1 is 1.04 bits per heavy atom. The molecule has 2 amide bonds. The van der Waals surface area contributed by atoms with Gasteiger partial charge in [0.2, 0.25) is 5.91 Å². The molecule has 0 saturated carbocycles. The van der Waals surface area contributed by atoms with Crippen molar-refractivity contribution in [3.05, 3.63) is 40.7 Å². The standard InChI is InChI=1S/C38H53N3O12/c1-21(49-27(43)14-17-39-32(45)24(40-34(47)53-36(5,6)7)11-12-28(44)52-35(2,3)4)33(46)50-25-13-15-38(48)26-19-22-9-10-23(20-42)30-29(22)37(38,31(25)51-30)16-18-41(26)8/h9-10,13,21,24,26,31,42,48H,11-12,14-20H2,1-8H3,(H,39,45)(H,40,47)/t21-,24+,26+,31-,37-,38+/m0/s1. The summed E-state index contributed by atoms with van der Waals surface area (Å²) in [6.07, 6.45) is -0.545. The summed E-state index contributed by atoms with van der Waals surface area (Å²) in [4.78, 5) is 66.0. The van der Waals surface area contributed by atoms with E-state index in [4.69, 9.17) is 23.7 Å². The van der Waals surface area contributed by atoms with Gasteiger partial charge in [-0.15, -0.1) is 0 Å². The van der Waals surface area contributed by atoms with E-state index in [0.717, 1.165) is 11.1 Å². The number of carbonyl (C=O) groups is 5. The Balaban J connectivity index is 1.18. The van der Waals surface area contributed by atoms with Crippen LogP contribution in [0.2, 0.25) is 0 Å². The molecule has 1 aromatic carbocycles. The Morgan fingerprint density at radius 3 is 2.40 bits per heavy atom. The molecule has 5 rings (SSSR count). The molecule has 1 spiro atoms. The van der Waals surface area contributed by atoms with Gasteiger partial charge >= 0.3 is 24.0 Å². The Kier molecular flexibility index (Phi) is 11.2. The lowest BCUT2D eigenvalue weighted by Crippen LogP contribution is -2.74. The highest BCUT2D eigenvalue weighted by Gasteiger charge is 2.72. The van der Waals surface area contributed by atoms with Crippen molar-refractivity contribution in [1.82, 2.24) is 15.5 Å². The van der Waals surface area contributed by atoms with Gasteiger partial charge in [-0.3, -0.25) is 14.4 Å². The number of likely N-dealkylation sites (tertiary alicyclic amines) is 1. The molecular formula is C38H53N3O12. The van der Waals surface area contributed by atoms with Gasteiger partial charge in [0.05, 0.1) is 24.0 Å². The average Bonchev–Trinajstić information content (AvgIpc) is 3.40. The molecule has 0 aromatic heterocycles. The molecule has 2 heterocycles. The number of aliphatic hydroxyl groups excluding tert-OH is 1. The lowest BCUT2D eigenvalue weighted by Gasteiger charge is -2.61. The Morgan fingerprint density at radius 2 is 1.74 bits per heavy atom. The quantitative estimate of drug-likeness (QED) is 0.180. The molecule has 53 heavy (non-hydrogen) atoms. The number of esters is 3. The number of ether oxygens (including phenoxy) is 5. The number of nitrogens with zero attached hydrogens (tertiary/aromatic N) is 1. The van der Waals surface area contributed by atoms with Crippen LogP contribution in [0.15, 0.2) is 24.0 Å². The first-order valence-electron chi connectivity index (χ1n) is 18.1. The highest BCUT2D eigenvalue weighted by molar-refractivity contribution is 5.87. The van der Waals surface area contributed by atoms with Gasteiger partial charge in [-0.1, -0.05) is 12.1 Å². The molecule has 6 atom stereocenters. The smallest absolute Gasteiger partial charge is 0.408 e. The molecule has 2 aliphatic carbocycles. The van der Waals surface area contributed by atoms with Crippen LogP contribution in [0.1, 0.15) is 97.3 Å². The van der Waals surface area contributed by atoms with Gasteiger partial charge < -0.3 is 49.4 Å². The van der Waals surface area contributed by atoms with Gasteiger partial charge in [0.15, 0.2) is 12.2 Å². The van der Waals surface area contributed by atoms with Gasteiger partial charge in [-0.25, -0.2) is 9.59 Å². The number of piperidine rings is 1. The summed E-state index contributed by atoms with van der Waals surface area (Å²) in [5.41, 5.74) is -1.19. The number of benzene rings is 1. The lowest BCUT2D eigenvalue weighted by molar-refractivity contribution is -0.175. The van der Waals surface area contributed by atoms with Gasteiger partial charge in [-0.05, 0) is 93.0 Å². The largest absolute Gasteiger partial charge is 0.481 e. The molecule has 0 unspecified atom stereocenters. The van der Waals surface area contributed by atoms with Crippen LogP contribution in [0.3, 0.4) is 0 Å². The molecule has 4 aliphatic rings. The minimum Gasteiger partial charge on any atom is -0.481 e. The van der Waals surface area contributed by atoms with Gasteiger partial charge in [0.1, 0.15) is 28.8 Å². The molecule has 15 nitrogen and oxygen atoms in total. The van der Waals surface area contributed by atoms with E-state index in [1.807, 2.05) is 19.2 Å². The number of aliphatic hydroxyl groups is 2. The normalized spacial score (nSPS) is 25.4. The lowest BCUT2D eigenvalue weighted by atomic mass is 9.50. The van der Waals surface area contributed by atoms with Crippen LogP contribution >= 0.6 is 0 Å². The average molecular weight is 744 g/mol. The number of carbonyl (C=O) groups excluding carboxylic acids is 5. The first kappa shape index (κ1) is 40.0. The molecule has 4 N–H and O–H groups in total. The van der Waals surface area contributed by atoms with Gasteiger partial charge in [-0.2, -0.15) is 0 Å². The van der Waals surface area contributed by atoms with Crippen LogP contribution in [0.5, 0.6) is 5.75 Å². The number of alkyl carbamates (subject to hydrolysis) is 1. The Hall–Kier alpha value is -4.21. The van der Waals surface area contributed by atoms with E-state index in [1.54, 1.807) is 47.6 Å². The Labute approximate surface area is 309 Å². The van der Waals surface area contributed by atoms with Crippen LogP contribution in [0.4, 0.5) is 4.79 Å². The van der Waals surface area contributed by atoms with E-state index in [0.29, 0.717) is 30.7 Å². The van der Waals surface area contributed by atoms with Crippen LogP contribution in [0, 0.1) is 0 Å². The summed E-state index contributed by atoms with van der Waals surface area (Å²) in [5, 5.41) is 27.5. The number of hydrogen-bond donors (Lipinski definition) is 4. The third-order valence-corrected chi connectivity index (χ3v) is 10.2. The SMILES string of the molecule is C[C@H](OC(=O)CCNC(=O)[C@@H](CCC(=O)OC(C)(C)C)NC(=O)OC(C)(C)C)C(=O)OC1=CC[C@@]2(O)[C@H]3Cc4ccc(CO)c5c4[C@@]2(CCN3C)[C@H]1O5. The highest BCUT2D eigenvalue weighted by Crippen LogP contribution is 2.64. The maximum Gasteiger partial charge on any atom is 0.408 e. The predicted molar refractivity (Wildman–Crippen MR) is 188 cm³/mol. The second-order valence-corrected chi connectivity index (χ2v) is 16.3. The monoisotopic (exact) mass is 743 g/mol. The number of rotatable bonds is 12. The van der Waals surface area contributed by atoms with E-state index < -0.39 is 70.4 Å². The van der Waals surface area contributed by atoms with Crippen molar-refractivity contribution in [1.29, 1.82) is 0 Å². The summed E-state index contributed by atoms with van der Waals surface area (Å²) in [6.45, 7) is 11.7. The third kappa shape index (κ3) is 8.16. The minimum absolute atomic E-state index is 0.0857. The fourth-order valence-corrected chi connectivity index (χ4v) is 7.92. The number of amides is 2. The fourth-order valence-electron chi connectivity index (χ4n) is 7.92. The summed E-state index contributed by atoms with van der Waals surface area (Å²) >= 11 is 0. The predicted octanol–water partition coefficient (Wildman–Crippen LogP) is 2.45.